The molecular formula is C17H20ClN5O3. The Bertz CT molecular complexity index is 715. The van der Waals surface area contributed by atoms with Crippen LogP contribution in [0.25, 0.3) is 0 Å². The summed E-state index contributed by atoms with van der Waals surface area (Å²) in [7, 11) is 0. The quantitative estimate of drug-likeness (QED) is 0.801. The van der Waals surface area contributed by atoms with E-state index in [0.29, 0.717) is 49.1 Å². The summed E-state index contributed by atoms with van der Waals surface area (Å²) >= 11 is 6.20. The van der Waals surface area contributed by atoms with E-state index in [2.05, 4.69) is 24.8 Å². The Hall–Kier alpha value is -2.16. The van der Waals surface area contributed by atoms with Gasteiger partial charge >= 0.3 is 6.01 Å². The number of hydrogen-bond donors (Lipinski definition) is 0. The van der Waals surface area contributed by atoms with Crippen molar-refractivity contribution < 1.29 is 14.2 Å². The minimum absolute atomic E-state index is 0.232. The van der Waals surface area contributed by atoms with Crippen LogP contribution in [-0.4, -0.2) is 67.6 Å². The van der Waals surface area contributed by atoms with E-state index in [0.717, 1.165) is 26.2 Å². The Morgan fingerprint density at radius 2 is 1.35 bits per heavy atom. The minimum atomic E-state index is 0.232. The van der Waals surface area contributed by atoms with Crippen LogP contribution in [0.15, 0.2) is 24.3 Å². The van der Waals surface area contributed by atoms with Crippen molar-refractivity contribution in [3.8, 4) is 11.8 Å². The number of morpholine rings is 2. The van der Waals surface area contributed by atoms with E-state index in [9.17, 15) is 0 Å². The van der Waals surface area contributed by atoms with Crippen molar-refractivity contribution in [1.29, 1.82) is 0 Å². The van der Waals surface area contributed by atoms with Gasteiger partial charge in [0.2, 0.25) is 11.9 Å². The van der Waals surface area contributed by atoms with Gasteiger partial charge in [-0.1, -0.05) is 23.7 Å². The molecule has 2 aromatic rings. The Morgan fingerprint density at radius 3 is 1.88 bits per heavy atom. The first kappa shape index (κ1) is 17.3. The van der Waals surface area contributed by atoms with E-state index < -0.39 is 0 Å². The fourth-order valence-corrected chi connectivity index (χ4v) is 2.99. The summed E-state index contributed by atoms with van der Waals surface area (Å²) in [6.45, 7) is 5.55. The van der Waals surface area contributed by atoms with Crippen molar-refractivity contribution >= 4 is 23.5 Å². The lowest BCUT2D eigenvalue weighted by Gasteiger charge is -2.30. The summed E-state index contributed by atoms with van der Waals surface area (Å²) in [5, 5.41) is 0.508. The maximum absolute atomic E-state index is 6.20. The molecule has 3 heterocycles. The molecule has 2 fully saturated rings. The van der Waals surface area contributed by atoms with Crippen LogP contribution in [0.5, 0.6) is 11.8 Å². The molecule has 0 bridgehead atoms. The summed E-state index contributed by atoms with van der Waals surface area (Å²) in [5.41, 5.74) is 0. The van der Waals surface area contributed by atoms with Gasteiger partial charge in [-0.2, -0.15) is 15.0 Å². The Kier molecular flexibility index (Phi) is 5.33. The molecule has 1 aromatic heterocycles. The zero-order valence-electron chi connectivity index (χ0n) is 14.3. The first-order chi connectivity index (χ1) is 12.8. The van der Waals surface area contributed by atoms with E-state index in [-0.39, 0.29) is 6.01 Å². The number of anilines is 2. The van der Waals surface area contributed by atoms with Gasteiger partial charge in [0.25, 0.3) is 0 Å². The molecular weight excluding hydrogens is 358 g/mol. The molecule has 9 heteroatoms. The first-order valence-electron chi connectivity index (χ1n) is 8.63. The van der Waals surface area contributed by atoms with Gasteiger partial charge in [0.15, 0.2) is 0 Å². The molecule has 0 atom stereocenters. The standard InChI is InChI=1S/C17H20ClN5O3/c18-13-3-1-2-4-14(13)26-17-20-15(22-5-9-24-10-6-22)19-16(21-17)23-7-11-25-12-8-23/h1-4H,5-12H2. The number of ether oxygens (including phenoxy) is 3. The molecule has 138 valence electrons. The van der Waals surface area contributed by atoms with Crippen molar-refractivity contribution in [2.24, 2.45) is 0 Å². The molecule has 0 N–H and O–H groups in total. The topological polar surface area (TPSA) is 72.8 Å². The van der Waals surface area contributed by atoms with Crippen LogP contribution in [0.1, 0.15) is 0 Å². The number of nitrogens with zero attached hydrogens (tertiary/aromatic N) is 5. The molecule has 8 nitrogen and oxygen atoms in total. The molecule has 26 heavy (non-hydrogen) atoms. The van der Waals surface area contributed by atoms with Crippen molar-refractivity contribution in [2.45, 2.75) is 0 Å². The van der Waals surface area contributed by atoms with Crippen molar-refractivity contribution in [2.75, 3.05) is 62.4 Å². The number of para-hydroxylation sites is 1. The summed E-state index contributed by atoms with van der Waals surface area (Å²) in [4.78, 5) is 17.8. The van der Waals surface area contributed by atoms with E-state index in [4.69, 9.17) is 25.8 Å². The van der Waals surface area contributed by atoms with E-state index in [1.165, 1.54) is 0 Å². The zero-order chi connectivity index (χ0) is 17.8. The van der Waals surface area contributed by atoms with Gasteiger partial charge in [-0.3, -0.25) is 0 Å². The Balaban J connectivity index is 1.66. The highest BCUT2D eigenvalue weighted by Crippen LogP contribution is 2.29. The zero-order valence-corrected chi connectivity index (χ0v) is 15.1. The third kappa shape index (κ3) is 3.98. The normalized spacial score (nSPS) is 18.0. The molecule has 0 aliphatic carbocycles. The van der Waals surface area contributed by atoms with E-state index >= 15 is 0 Å². The fraction of sp³-hybridized carbons (Fsp3) is 0.471. The number of benzene rings is 1. The third-order valence-electron chi connectivity index (χ3n) is 4.22. The maximum atomic E-state index is 6.20. The highest BCUT2D eigenvalue weighted by Gasteiger charge is 2.21. The molecule has 0 amide bonds. The second kappa shape index (κ2) is 8.03. The molecule has 2 aliphatic rings. The molecule has 1 aromatic carbocycles. The highest BCUT2D eigenvalue weighted by molar-refractivity contribution is 6.32. The van der Waals surface area contributed by atoms with Crippen LogP contribution in [-0.2, 0) is 9.47 Å². The molecule has 0 radical (unpaired) electrons. The van der Waals surface area contributed by atoms with E-state index in [1.54, 1.807) is 12.1 Å². The summed E-state index contributed by atoms with van der Waals surface area (Å²) in [6.07, 6.45) is 0. The van der Waals surface area contributed by atoms with Crippen molar-refractivity contribution in [3.63, 3.8) is 0 Å². The molecule has 4 rings (SSSR count). The van der Waals surface area contributed by atoms with Gasteiger partial charge < -0.3 is 24.0 Å². The molecule has 0 unspecified atom stereocenters. The molecule has 2 saturated heterocycles. The lowest BCUT2D eigenvalue weighted by molar-refractivity contribution is 0.121. The van der Waals surface area contributed by atoms with Crippen LogP contribution in [0, 0.1) is 0 Å². The summed E-state index contributed by atoms with van der Waals surface area (Å²) in [5.74, 6) is 1.69. The van der Waals surface area contributed by atoms with Gasteiger partial charge in [0.05, 0.1) is 31.5 Å². The molecule has 2 aliphatic heterocycles. The summed E-state index contributed by atoms with van der Waals surface area (Å²) in [6, 6.07) is 7.49. The SMILES string of the molecule is Clc1ccccc1Oc1nc(N2CCOCC2)nc(N2CCOCC2)n1. The number of rotatable bonds is 4. The minimum Gasteiger partial charge on any atom is -0.423 e. The lowest BCUT2D eigenvalue weighted by atomic mass is 10.3. The van der Waals surface area contributed by atoms with Gasteiger partial charge in [0.1, 0.15) is 5.75 Å². The smallest absolute Gasteiger partial charge is 0.328 e. The van der Waals surface area contributed by atoms with Gasteiger partial charge in [-0.15, -0.1) is 0 Å². The maximum Gasteiger partial charge on any atom is 0.328 e. The highest BCUT2D eigenvalue weighted by atomic mass is 35.5. The Morgan fingerprint density at radius 1 is 0.808 bits per heavy atom. The summed E-state index contributed by atoms with van der Waals surface area (Å²) < 4.78 is 16.7. The Labute approximate surface area is 156 Å². The van der Waals surface area contributed by atoms with Crippen molar-refractivity contribution in [1.82, 2.24) is 15.0 Å². The van der Waals surface area contributed by atoms with Gasteiger partial charge in [-0.05, 0) is 12.1 Å². The van der Waals surface area contributed by atoms with Crippen LogP contribution in [0.3, 0.4) is 0 Å². The monoisotopic (exact) mass is 377 g/mol. The van der Waals surface area contributed by atoms with Crippen LogP contribution in [0.4, 0.5) is 11.9 Å². The third-order valence-corrected chi connectivity index (χ3v) is 4.53. The van der Waals surface area contributed by atoms with Gasteiger partial charge in [-0.25, -0.2) is 0 Å². The predicted octanol–water partition coefficient (Wildman–Crippen LogP) is 1.99. The van der Waals surface area contributed by atoms with Crippen LogP contribution >= 0.6 is 11.6 Å². The van der Waals surface area contributed by atoms with Crippen molar-refractivity contribution in [3.05, 3.63) is 29.3 Å². The first-order valence-corrected chi connectivity index (χ1v) is 9.01. The van der Waals surface area contributed by atoms with Gasteiger partial charge in [0, 0.05) is 26.2 Å². The van der Waals surface area contributed by atoms with E-state index in [1.807, 2.05) is 12.1 Å². The molecule has 0 spiro atoms. The number of halogens is 1. The molecule has 0 saturated carbocycles. The average molecular weight is 378 g/mol. The van der Waals surface area contributed by atoms with Crippen LogP contribution in [0.2, 0.25) is 5.02 Å². The number of aromatic nitrogens is 3. The number of hydrogen-bond acceptors (Lipinski definition) is 8. The second-order valence-electron chi connectivity index (χ2n) is 5.95. The van der Waals surface area contributed by atoms with Crippen LogP contribution < -0.4 is 14.5 Å². The fourth-order valence-electron chi connectivity index (χ4n) is 2.82. The lowest BCUT2D eigenvalue weighted by Crippen LogP contribution is -2.40. The average Bonchev–Trinajstić information content (AvgIpc) is 2.71. The second-order valence-corrected chi connectivity index (χ2v) is 6.36. The largest absolute Gasteiger partial charge is 0.423 e. The predicted molar refractivity (Wildman–Crippen MR) is 97.4 cm³/mol.